The average Bonchev–Trinajstić information content (AvgIpc) is 3.82. The van der Waals surface area contributed by atoms with Crippen molar-refractivity contribution in [1.29, 1.82) is 0 Å². The van der Waals surface area contributed by atoms with Gasteiger partial charge < -0.3 is 25.1 Å². The Morgan fingerprint density at radius 3 is 1.93 bits per heavy atom. The molecule has 0 radical (unpaired) electrons. The number of Topliss-reactive ketones (excluding diaryl/α,β-unsaturated/α-hetero) is 1. The van der Waals surface area contributed by atoms with Crippen molar-refractivity contribution in [2.24, 2.45) is 15.5 Å². The lowest BCUT2D eigenvalue weighted by Crippen LogP contribution is -2.49. The molecule has 3 atom stereocenters. The third-order valence-electron chi connectivity index (χ3n) is 12.9. The topological polar surface area (TPSA) is 172 Å². The SMILES string of the molecule is CO/N=C1/C(c2ccc(C(=O)N(c3ncc(CC4(C)ON=C(c5ccc(C(=O)N(c6ncccc6-c6ccccc6)C6CCCNC6)cc5)C4=O)cc3C)C3CCCNC3)cc2)=NOC1(C)C. The van der Waals surface area contributed by atoms with Gasteiger partial charge in [-0.3, -0.25) is 24.2 Å². The first-order chi connectivity index (χ1) is 32.5. The van der Waals surface area contributed by atoms with Crippen molar-refractivity contribution in [3.63, 3.8) is 0 Å². The molecule has 9 rings (SSSR count). The predicted octanol–water partition coefficient (Wildman–Crippen LogP) is 7.07. The minimum atomic E-state index is -1.31. The Bertz CT molecular complexity index is 2740. The maximum Gasteiger partial charge on any atom is 0.259 e. The van der Waals surface area contributed by atoms with Gasteiger partial charge in [0.05, 0.1) is 12.1 Å². The smallest absolute Gasteiger partial charge is 0.259 e. The summed E-state index contributed by atoms with van der Waals surface area (Å²) in [4.78, 5) is 73.1. The van der Waals surface area contributed by atoms with Crippen LogP contribution >= 0.6 is 0 Å². The van der Waals surface area contributed by atoms with Crippen molar-refractivity contribution in [2.75, 3.05) is 43.1 Å². The lowest BCUT2D eigenvalue weighted by molar-refractivity contribution is -0.130. The number of aromatic nitrogens is 2. The molecule has 5 aromatic rings. The van der Waals surface area contributed by atoms with E-state index in [0.717, 1.165) is 66.6 Å². The Balaban J connectivity index is 0.913. The molecule has 15 heteroatoms. The molecule has 3 aromatic carbocycles. The summed E-state index contributed by atoms with van der Waals surface area (Å²) in [5, 5.41) is 19.6. The number of anilines is 2. The van der Waals surface area contributed by atoms with Crippen LogP contribution in [-0.2, 0) is 25.7 Å². The van der Waals surface area contributed by atoms with E-state index in [1.807, 2.05) is 86.3 Å². The van der Waals surface area contributed by atoms with Gasteiger partial charge in [0.15, 0.2) is 17.0 Å². The van der Waals surface area contributed by atoms with Crippen LogP contribution in [-0.4, -0.2) is 101 Å². The Kier molecular flexibility index (Phi) is 12.8. The van der Waals surface area contributed by atoms with Gasteiger partial charge in [0.2, 0.25) is 11.4 Å². The minimum Gasteiger partial charge on any atom is -0.399 e. The third-order valence-corrected chi connectivity index (χ3v) is 12.9. The van der Waals surface area contributed by atoms with Crippen LogP contribution in [0.5, 0.6) is 0 Å². The average molecular weight is 902 g/mol. The molecule has 0 spiro atoms. The number of oxime groups is 3. The molecule has 4 aliphatic heterocycles. The molecular weight excluding hydrogens is 847 g/mol. The Labute approximate surface area is 390 Å². The number of benzene rings is 3. The Morgan fingerprint density at radius 1 is 0.746 bits per heavy atom. The van der Waals surface area contributed by atoms with Crippen LogP contribution in [0.3, 0.4) is 0 Å². The van der Waals surface area contributed by atoms with Crippen molar-refractivity contribution in [2.45, 2.75) is 83.1 Å². The normalized spacial score (nSPS) is 21.7. The summed E-state index contributed by atoms with van der Waals surface area (Å²) in [6.45, 7) is 10.4. The van der Waals surface area contributed by atoms with Crippen LogP contribution in [0.1, 0.15) is 89.4 Å². The summed E-state index contributed by atoms with van der Waals surface area (Å²) in [5.74, 6) is 0.511. The number of aryl methyl sites for hydroxylation is 1. The van der Waals surface area contributed by atoms with Crippen LogP contribution in [0.2, 0.25) is 0 Å². The lowest BCUT2D eigenvalue weighted by atomic mass is 9.88. The maximum absolute atomic E-state index is 14.5. The van der Waals surface area contributed by atoms with Crippen molar-refractivity contribution < 1.29 is 28.9 Å². The van der Waals surface area contributed by atoms with Gasteiger partial charge in [0, 0.05) is 59.7 Å². The number of amides is 2. The van der Waals surface area contributed by atoms with Crippen molar-refractivity contribution >= 4 is 46.4 Å². The molecule has 344 valence electrons. The van der Waals surface area contributed by atoms with Gasteiger partial charge in [-0.05, 0) is 120 Å². The second kappa shape index (κ2) is 19.0. The van der Waals surface area contributed by atoms with Gasteiger partial charge in [-0.15, -0.1) is 0 Å². The number of carbonyl (C=O) groups excluding carboxylic acids is 3. The second-order valence-electron chi connectivity index (χ2n) is 18.2. The zero-order valence-electron chi connectivity index (χ0n) is 38.5. The number of nitrogens with zero attached hydrogens (tertiary/aromatic N) is 7. The third kappa shape index (κ3) is 9.08. The molecule has 0 saturated carbocycles. The fourth-order valence-electron chi connectivity index (χ4n) is 9.33. The van der Waals surface area contributed by atoms with Gasteiger partial charge in [-0.1, -0.05) is 76.1 Å². The zero-order valence-corrected chi connectivity index (χ0v) is 38.5. The second-order valence-corrected chi connectivity index (χ2v) is 18.2. The number of piperidine rings is 2. The molecule has 2 fully saturated rings. The highest BCUT2D eigenvalue weighted by atomic mass is 16.7. The Morgan fingerprint density at radius 2 is 1.34 bits per heavy atom. The molecule has 2 aromatic heterocycles. The van der Waals surface area contributed by atoms with Gasteiger partial charge in [0.1, 0.15) is 24.5 Å². The number of rotatable bonds is 12. The summed E-state index contributed by atoms with van der Waals surface area (Å²) >= 11 is 0. The number of nitrogens with one attached hydrogen (secondary N) is 2. The zero-order chi connectivity index (χ0) is 46.7. The molecule has 6 heterocycles. The first kappa shape index (κ1) is 45.1. The summed E-state index contributed by atoms with van der Waals surface area (Å²) < 4.78 is 0. The van der Waals surface area contributed by atoms with Crippen LogP contribution in [0.15, 0.2) is 125 Å². The minimum absolute atomic E-state index is 0.0982. The van der Waals surface area contributed by atoms with E-state index in [4.69, 9.17) is 24.5 Å². The molecular formula is C52H55N9O6. The van der Waals surface area contributed by atoms with E-state index in [9.17, 15) is 14.4 Å². The van der Waals surface area contributed by atoms with E-state index < -0.39 is 11.2 Å². The summed E-state index contributed by atoms with van der Waals surface area (Å²) in [7, 11) is 1.48. The van der Waals surface area contributed by atoms with E-state index in [-0.39, 0.29) is 41.8 Å². The van der Waals surface area contributed by atoms with Crippen LogP contribution in [0.25, 0.3) is 11.1 Å². The molecule has 15 nitrogen and oxygen atoms in total. The molecule has 3 unspecified atom stereocenters. The van der Waals surface area contributed by atoms with Gasteiger partial charge in [-0.25, -0.2) is 9.97 Å². The number of hydrogen-bond donors (Lipinski definition) is 2. The monoisotopic (exact) mass is 901 g/mol. The van der Waals surface area contributed by atoms with Gasteiger partial charge in [-0.2, -0.15) is 0 Å². The molecule has 4 aliphatic rings. The maximum atomic E-state index is 14.5. The van der Waals surface area contributed by atoms with E-state index in [1.165, 1.54) is 7.11 Å². The highest BCUT2D eigenvalue weighted by Crippen LogP contribution is 2.34. The fourth-order valence-corrected chi connectivity index (χ4v) is 9.33. The fraction of sp³-hybridized carbons (Fsp3) is 0.346. The van der Waals surface area contributed by atoms with Gasteiger partial charge >= 0.3 is 0 Å². The quantitative estimate of drug-likeness (QED) is 0.123. The standard InChI is InChI=1S/C52H55N9O6/c1-33-28-34(30-56-47(33)60(40-14-9-25-53-31-40)49(63)38-21-17-36(18-22-38)43-45(59-65-5)51(2,3)66-57-43)29-52(4)46(62)44(58-67-52)37-19-23-39(24-20-37)50(64)61(41-15-10-26-54-32-41)48-42(16-11-27-55-48)35-12-7-6-8-13-35/h6-8,11-13,16-24,27-28,30,40-41,53-54H,9-10,14-15,25-26,29,31-32H2,1-5H3/b59-45-. The molecule has 0 aliphatic carbocycles. The number of ketones is 1. The van der Waals surface area contributed by atoms with E-state index in [1.54, 1.807) is 60.6 Å². The van der Waals surface area contributed by atoms with Crippen molar-refractivity contribution in [3.05, 3.63) is 143 Å². The highest BCUT2D eigenvalue weighted by Gasteiger charge is 2.45. The predicted molar refractivity (Wildman–Crippen MR) is 258 cm³/mol. The molecule has 2 saturated heterocycles. The largest absolute Gasteiger partial charge is 0.399 e. The lowest BCUT2D eigenvalue weighted by Gasteiger charge is -2.35. The van der Waals surface area contributed by atoms with Gasteiger partial charge in [0.25, 0.3) is 11.8 Å². The van der Waals surface area contributed by atoms with Crippen LogP contribution in [0.4, 0.5) is 11.6 Å². The van der Waals surface area contributed by atoms with Crippen LogP contribution < -0.4 is 20.4 Å². The number of pyridine rings is 2. The highest BCUT2D eigenvalue weighted by molar-refractivity contribution is 6.51. The molecule has 2 amide bonds. The van der Waals surface area contributed by atoms with Crippen molar-refractivity contribution in [1.82, 2.24) is 20.6 Å². The van der Waals surface area contributed by atoms with Crippen molar-refractivity contribution in [3.8, 4) is 11.1 Å². The number of carbonyl (C=O) groups is 3. The first-order valence-electron chi connectivity index (χ1n) is 22.9. The summed E-state index contributed by atoms with van der Waals surface area (Å²) in [6, 6.07) is 29.8. The first-order valence-corrected chi connectivity index (χ1v) is 22.9. The van der Waals surface area contributed by atoms with Crippen LogP contribution in [0, 0.1) is 6.92 Å². The molecule has 2 N–H and O–H groups in total. The molecule has 67 heavy (non-hydrogen) atoms. The molecule has 0 bridgehead atoms. The summed E-state index contributed by atoms with van der Waals surface area (Å²) in [5.41, 5.74) is 4.85. The van der Waals surface area contributed by atoms with E-state index in [0.29, 0.717) is 52.8 Å². The number of hydrogen-bond acceptors (Lipinski definition) is 13. The van der Waals surface area contributed by atoms with E-state index >= 15 is 0 Å². The van der Waals surface area contributed by atoms with E-state index in [2.05, 4.69) is 26.1 Å². The summed E-state index contributed by atoms with van der Waals surface area (Å²) in [6.07, 6.45) is 7.12. The Hall–Kier alpha value is -7.10.